The molecule has 0 unspecified atom stereocenters. The van der Waals surface area contributed by atoms with Crippen molar-refractivity contribution in [3.63, 3.8) is 0 Å². The normalized spacial score (nSPS) is 16.2. The maximum absolute atomic E-state index is 12.9. The number of thiophene rings is 1. The SMILES string of the molecule is C[C@H]1c2ccsc2CCN1C(=O)c1ccc(NC(=O)c2ccco2)cc1. The molecule has 2 amide bonds. The van der Waals surface area contributed by atoms with Crippen LogP contribution in [-0.4, -0.2) is 23.3 Å². The van der Waals surface area contributed by atoms with Crippen molar-refractivity contribution in [2.75, 3.05) is 11.9 Å². The van der Waals surface area contributed by atoms with Crippen LogP contribution in [0.5, 0.6) is 0 Å². The van der Waals surface area contributed by atoms with Crippen LogP contribution in [-0.2, 0) is 6.42 Å². The highest BCUT2D eigenvalue weighted by Crippen LogP contribution is 2.33. The quantitative estimate of drug-likeness (QED) is 0.749. The fraction of sp³-hybridized carbons (Fsp3) is 0.200. The van der Waals surface area contributed by atoms with Crippen LogP contribution in [0.15, 0.2) is 58.5 Å². The van der Waals surface area contributed by atoms with Gasteiger partial charge < -0.3 is 14.6 Å². The molecule has 1 aliphatic rings. The van der Waals surface area contributed by atoms with Gasteiger partial charge in [0, 0.05) is 22.7 Å². The Balaban J connectivity index is 1.47. The van der Waals surface area contributed by atoms with Gasteiger partial charge in [-0.2, -0.15) is 0 Å². The summed E-state index contributed by atoms with van der Waals surface area (Å²) < 4.78 is 5.07. The van der Waals surface area contributed by atoms with Crippen LogP contribution in [0.3, 0.4) is 0 Å². The highest BCUT2D eigenvalue weighted by Gasteiger charge is 2.28. The smallest absolute Gasteiger partial charge is 0.291 e. The maximum atomic E-state index is 12.9. The van der Waals surface area contributed by atoms with Crippen molar-refractivity contribution in [3.05, 3.63) is 75.9 Å². The first kappa shape index (κ1) is 16.6. The fourth-order valence-electron chi connectivity index (χ4n) is 3.25. The molecule has 132 valence electrons. The summed E-state index contributed by atoms with van der Waals surface area (Å²) in [7, 11) is 0. The van der Waals surface area contributed by atoms with E-state index in [2.05, 4.69) is 23.7 Å². The number of hydrogen-bond acceptors (Lipinski definition) is 4. The average Bonchev–Trinajstić information content (AvgIpc) is 3.34. The molecule has 5 nitrogen and oxygen atoms in total. The van der Waals surface area contributed by atoms with E-state index in [0.29, 0.717) is 11.3 Å². The van der Waals surface area contributed by atoms with E-state index < -0.39 is 0 Å². The summed E-state index contributed by atoms with van der Waals surface area (Å²) in [6.45, 7) is 2.80. The molecule has 0 spiro atoms. The van der Waals surface area contributed by atoms with Gasteiger partial charge in [0.1, 0.15) is 0 Å². The summed E-state index contributed by atoms with van der Waals surface area (Å²) >= 11 is 1.76. The van der Waals surface area contributed by atoms with Gasteiger partial charge in [-0.05, 0) is 66.8 Å². The Bertz CT molecular complexity index is 928. The van der Waals surface area contributed by atoms with Gasteiger partial charge in [0.25, 0.3) is 11.8 Å². The predicted molar refractivity (Wildman–Crippen MR) is 101 cm³/mol. The van der Waals surface area contributed by atoms with E-state index >= 15 is 0 Å². The monoisotopic (exact) mass is 366 g/mol. The molecule has 2 aromatic heterocycles. The Labute approximate surface area is 155 Å². The molecule has 0 bridgehead atoms. The molecule has 1 aromatic carbocycles. The number of anilines is 1. The number of furan rings is 1. The van der Waals surface area contributed by atoms with Gasteiger partial charge in [0.2, 0.25) is 0 Å². The van der Waals surface area contributed by atoms with Crippen LogP contribution in [0, 0.1) is 0 Å². The molecule has 26 heavy (non-hydrogen) atoms. The van der Waals surface area contributed by atoms with Gasteiger partial charge in [-0.1, -0.05) is 0 Å². The minimum absolute atomic E-state index is 0.0123. The number of benzene rings is 1. The number of amides is 2. The minimum Gasteiger partial charge on any atom is -0.459 e. The van der Waals surface area contributed by atoms with Crippen LogP contribution in [0.4, 0.5) is 5.69 Å². The molecular weight excluding hydrogens is 348 g/mol. The lowest BCUT2D eigenvalue weighted by atomic mass is 10.0. The number of nitrogens with one attached hydrogen (secondary N) is 1. The highest BCUT2D eigenvalue weighted by molar-refractivity contribution is 7.10. The Morgan fingerprint density at radius 1 is 1.19 bits per heavy atom. The lowest BCUT2D eigenvalue weighted by Gasteiger charge is -2.33. The zero-order chi connectivity index (χ0) is 18.1. The number of carbonyl (C=O) groups excluding carboxylic acids is 2. The molecule has 4 rings (SSSR count). The number of fused-ring (bicyclic) bond motifs is 1. The van der Waals surface area contributed by atoms with Gasteiger partial charge >= 0.3 is 0 Å². The van der Waals surface area contributed by atoms with Crippen molar-refractivity contribution in [2.24, 2.45) is 0 Å². The standard InChI is InChI=1S/C20H18N2O3S/c1-13-16-9-12-26-18(16)8-10-22(13)20(24)14-4-6-15(7-5-14)21-19(23)17-3-2-11-25-17/h2-7,9,11-13H,8,10H2,1H3,(H,21,23)/t13-/m0/s1. The Kier molecular flexibility index (Phi) is 4.34. The molecule has 3 heterocycles. The third-order valence-corrected chi connectivity index (χ3v) is 5.67. The van der Waals surface area contributed by atoms with E-state index in [1.165, 1.54) is 16.7 Å². The van der Waals surface area contributed by atoms with Crippen LogP contribution in [0.1, 0.15) is 44.3 Å². The lowest BCUT2D eigenvalue weighted by Crippen LogP contribution is -2.38. The van der Waals surface area contributed by atoms with Crippen LogP contribution in [0.2, 0.25) is 0 Å². The van der Waals surface area contributed by atoms with E-state index in [0.717, 1.165) is 13.0 Å². The topological polar surface area (TPSA) is 62.6 Å². The van der Waals surface area contributed by atoms with Gasteiger partial charge in [-0.25, -0.2) is 0 Å². The largest absolute Gasteiger partial charge is 0.459 e. The molecule has 1 N–H and O–H groups in total. The third kappa shape index (κ3) is 3.04. The second-order valence-electron chi connectivity index (χ2n) is 6.23. The van der Waals surface area contributed by atoms with Crippen molar-refractivity contribution in [3.8, 4) is 0 Å². The Morgan fingerprint density at radius 2 is 2.00 bits per heavy atom. The predicted octanol–water partition coefficient (Wildman–Crippen LogP) is 4.35. The Morgan fingerprint density at radius 3 is 2.73 bits per heavy atom. The highest BCUT2D eigenvalue weighted by atomic mass is 32.1. The molecule has 0 aliphatic carbocycles. The number of nitrogens with zero attached hydrogens (tertiary/aromatic N) is 1. The van der Waals surface area contributed by atoms with E-state index in [9.17, 15) is 9.59 Å². The van der Waals surface area contributed by atoms with Crippen molar-refractivity contribution < 1.29 is 14.0 Å². The van der Waals surface area contributed by atoms with Gasteiger partial charge in [-0.3, -0.25) is 9.59 Å². The summed E-state index contributed by atoms with van der Waals surface area (Å²) in [4.78, 5) is 28.2. The first-order chi connectivity index (χ1) is 12.6. The van der Waals surface area contributed by atoms with Gasteiger partial charge in [0.15, 0.2) is 5.76 Å². The molecular formula is C20H18N2O3S. The van der Waals surface area contributed by atoms with Crippen molar-refractivity contribution in [2.45, 2.75) is 19.4 Å². The zero-order valence-electron chi connectivity index (χ0n) is 14.3. The molecule has 0 radical (unpaired) electrons. The lowest BCUT2D eigenvalue weighted by molar-refractivity contribution is 0.0679. The molecule has 3 aromatic rings. The molecule has 0 saturated heterocycles. The van der Waals surface area contributed by atoms with E-state index in [1.807, 2.05) is 4.90 Å². The molecule has 6 heteroatoms. The summed E-state index contributed by atoms with van der Waals surface area (Å²) in [6.07, 6.45) is 2.36. The first-order valence-electron chi connectivity index (χ1n) is 8.45. The first-order valence-corrected chi connectivity index (χ1v) is 9.33. The molecule has 1 aliphatic heterocycles. The van der Waals surface area contributed by atoms with E-state index in [1.54, 1.807) is 47.7 Å². The van der Waals surface area contributed by atoms with Crippen molar-refractivity contribution in [1.29, 1.82) is 0 Å². The third-order valence-electron chi connectivity index (χ3n) is 4.67. The second kappa shape index (κ2) is 6.80. The number of rotatable bonds is 3. The summed E-state index contributed by atoms with van der Waals surface area (Å²) in [5.74, 6) is -0.0548. The summed E-state index contributed by atoms with van der Waals surface area (Å²) in [6, 6.07) is 12.4. The minimum atomic E-state index is -0.316. The van der Waals surface area contributed by atoms with Gasteiger partial charge in [-0.15, -0.1) is 11.3 Å². The van der Waals surface area contributed by atoms with E-state index in [4.69, 9.17) is 4.42 Å². The summed E-state index contributed by atoms with van der Waals surface area (Å²) in [5, 5.41) is 4.84. The maximum Gasteiger partial charge on any atom is 0.291 e. The Hall–Kier alpha value is -2.86. The number of carbonyl (C=O) groups is 2. The molecule has 1 atom stereocenters. The second-order valence-corrected chi connectivity index (χ2v) is 7.23. The van der Waals surface area contributed by atoms with Gasteiger partial charge in [0.05, 0.1) is 12.3 Å². The average molecular weight is 366 g/mol. The van der Waals surface area contributed by atoms with E-state index in [-0.39, 0.29) is 23.6 Å². The fourth-order valence-corrected chi connectivity index (χ4v) is 4.21. The molecule has 0 fully saturated rings. The van der Waals surface area contributed by atoms with Crippen LogP contribution >= 0.6 is 11.3 Å². The number of hydrogen-bond donors (Lipinski definition) is 1. The van der Waals surface area contributed by atoms with Crippen molar-refractivity contribution >= 4 is 28.8 Å². The van der Waals surface area contributed by atoms with Crippen LogP contribution in [0.25, 0.3) is 0 Å². The molecule has 0 saturated carbocycles. The van der Waals surface area contributed by atoms with Crippen molar-refractivity contribution in [1.82, 2.24) is 4.90 Å². The van der Waals surface area contributed by atoms with Crippen LogP contribution < -0.4 is 5.32 Å². The zero-order valence-corrected chi connectivity index (χ0v) is 15.1. The summed E-state index contributed by atoms with van der Waals surface area (Å²) in [5.41, 5.74) is 2.48.